The van der Waals surface area contributed by atoms with E-state index in [1.165, 1.54) is 6.07 Å². The largest absolute Gasteiger partial charge is 0.373 e. The minimum absolute atomic E-state index is 0.0110. The highest BCUT2D eigenvalue weighted by molar-refractivity contribution is 6.39. The first kappa shape index (κ1) is 24.6. The number of ether oxygens (including phenoxy) is 1. The van der Waals surface area contributed by atoms with E-state index in [2.05, 4.69) is 10.5 Å². The molecule has 10 heteroatoms. The van der Waals surface area contributed by atoms with E-state index in [4.69, 9.17) is 32.5 Å². The van der Waals surface area contributed by atoms with Crippen molar-refractivity contribution < 1.29 is 22.8 Å². The molecule has 6 rings (SSSR count). The van der Waals surface area contributed by atoms with Gasteiger partial charge in [-0.25, -0.2) is 13.6 Å². The molecular formula is C27H25Cl2F2N3O3. The van der Waals surface area contributed by atoms with Crippen LogP contribution in [0.25, 0.3) is 11.3 Å². The highest BCUT2D eigenvalue weighted by Crippen LogP contribution is 2.46. The molecule has 3 fully saturated rings. The Morgan fingerprint density at radius 1 is 1.05 bits per heavy atom. The van der Waals surface area contributed by atoms with Gasteiger partial charge in [0.25, 0.3) is 0 Å². The molecule has 6 nitrogen and oxygen atoms in total. The number of hydrogen-bond donors (Lipinski definition) is 1. The molecule has 37 heavy (non-hydrogen) atoms. The maximum atomic E-state index is 13.6. The number of benzene rings is 2. The SMILES string of the molecule is O=C(Nc1ccc(F)c(F)c1)N1C2CC[C@H]1CC(OCc1c(-c3c(Cl)cccc3Cl)noc1C1CC1)C2. The van der Waals surface area contributed by atoms with E-state index in [9.17, 15) is 13.6 Å². The summed E-state index contributed by atoms with van der Waals surface area (Å²) in [6, 6.07) is 8.41. The zero-order chi connectivity index (χ0) is 25.7. The Labute approximate surface area is 222 Å². The van der Waals surface area contributed by atoms with Gasteiger partial charge in [0.1, 0.15) is 11.5 Å². The molecule has 0 spiro atoms. The second-order valence-corrected chi connectivity index (χ2v) is 10.8. The molecule has 1 N–H and O–H groups in total. The lowest BCUT2D eigenvalue weighted by molar-refractivity contribution is -0.0158. The number of carbonyl (C=O) groups is 1. The van der Waals surface area contributed by atoms with Crippen molar-refractivity contribution in [2.24, 2.45) is 0 Å². The van der Waals surface area contributed by atoms with Crippen LogP contribution in [0.1, 0.15) is 55.8 Å². The number of halogens is 4. The third-order valence-corrected chi connectivity index (χ3v) is 8.15. The van der Waals surface area contributed by atoms with Gasteiger partial charge in [0.05, 0.1) is 22.8 Å². The van der Waals surface area contributed by atoms with Gasteiger partial charge in [-0.2, -0.15) is 0 Å². The first-order chi connectivity index (χ1) is 17.9. The summed E-state index contributed by atoms with van der Waals surface area (Å²) in [6.45, 7) is 0.317. The van der Waals surface area contributed by atoms with Crippen LogP contribution in [0.15, 0.2) is 40.9 Å². The smallest absolute Gasteiger partial charge is 0.322 e. The van der Waals surface area contributed by atoms with Crippen LogP contribution in [0, 0.1) is 11.6 Å². The third kappa shape index (κ3) is 4.82. The fourth-order valence-electron chi connectivity index (χ4n) is 5.61. The van der Waals surface area contributed by atoms with E-state index < -0.39 is 11.6 Å². The number of fused-ring (bicyclic) bond motifs is 2. The predicted molar refractivity (Wildman–Crippen MR) is 136 cm³/mol. The van der Waals surface area contributed by atoms with Gasteiger partial charge < -0.3 is 19.5 Å². The van der Waals surface area contributed by atoms with Gasteiger partial charge in [-0.1, -0.05) is 34.4 Å². The Morgan fingerprint density at radius 3 is 2.41 bits per heavy atom. The molecule has 2 unspecified atom stereocenters. The zero-order valence-electron chi connectivity index (χ0n) is 19.9. The molecule has 1 aromatic heterocycles. The minimum Gasteiger partial charge on any atom is -0.373 e. The summed E-state index contributed by atoms with van der Waals surface area (Å²) in [5, 5.41) is 8.04. The lowest BCUT2D eigenvalue weighted by Crippen LogP contribution is -2.50. The number of urea groups is 1. The van der Waals surface area contributed by atoms with Gasteiger partial charge in [0, 0.05) is 40.9 Å². The number of aromatic nitrogens is 1. The van der Waals surface area contributed by atoms with E-state index in [1.54, 1.807) is 18.2 Å². The summed E-state index contributed by atoms with van der Waals surface area (Å²) < 4.78 is 39.0. The van der Waals surface area contributed by atoms with Gasteiger partial charge in [-0.3, -0.25) is 0 Å². The highest BCUT2D eigenvalue weighted by atomic mass is 35.5. The minimum atomic E-state index is -0.996. The van der Waals surface area contributed by atoms with Gasteiger partial charge in [-0.05, 0) is 62.8 Å². The Hall–Kier alpha value is -2.68. The van der Waals surface area contributed by atoms with Gasteiger partial charge in [0.15, 0.2) is 11.6 Å². The first-order valence-electron chi connectivity index (χ1n) is 12.5. The number of hydrogen-bond acceptors (Lipinski definition) is 4. The summed E-state index contributed by atoms with van der Waals surface area (Å²) in [6.07, 6.45) is 5.18. The Bertz CT molecular complexity index is 1310. The van der Waals surface area contributed by atoms with Crippen molar-refractivity contribution in [2.45, 2.75) is 69.2 Å². The van der Waals surface area contributed by atoms with Crippen molar-refractivity contribution in [1.29, 1.82) is 0 Å². The molecule has 2 amide bonds. The molecule has 2 saturated heterocycles. The van der Waals surface area contributed by atoms with Crippen molar-refractivity contribution in [3.8, 4) is 11.3 Å². The van der Waals surface area contributed by atoms with E-state index in [1.807, 2.05) is 4.90 Å². The van der Waals surface area contributed by atoms with E-state index >= 15 is 0 Å². The maximum absolute atomic E-state index is 13.6. The molecule has 3 aromatic rings. The topological polar surface area (TPSA) is 67.6 Å². The number of carbonyl (C=O) groups excluding carboxylic acids is 1. The Balaban J connectivity index is 1.15. The quantitative estimate of drug-likeness (QED) is 0.346. The molecule has 3 aliphatic rings. The number of piperidine rings is 1. The van der Waals surface area contributed by atoms with Gasteiger partial charge in [-0.15, -0.1) is 0 Å². The second-order valence-electron chi connectivity index (χ2n) is 10.0. The molecule has 1 saturated carbocycles. The standard InChI is InChI=1S/C27H25Cl2F2N3O3/c28-20-2-1-3-21(29)24(20)25-19(26(37-33-25)14-4-5-14)13-36-18-11-16-7-8-17(12-18)34(16)27(35)32-15-6-9-22(30)23(31)10-15/h1-3,6,9-10,14,16-18H,4-5,7-8,11-13H2,(H,32,35)/t16-,17?,18?/m0/s1. The van der Waals surface area contributed by atoms with Crippen LogP contribution in [0.4, 0.5) is 19.3 Å². The van der Waals surface area contributed by atoms with E-state index in [0.29, 0.717) is 46.7 Å². The van der Waals surface area contributed by atoms with Crippen molar-refractivity contribution in [3.63, 3.8) is 0 Å². The molecule has 2 bridgehead atoms. The number of nitrogens with one attached hydrogen (secondary N) is 1. The molecule has 1 aliphatic carbocycles. The molecule has 0 radical (unpaired) electrons. The van der Waals surface area contributed by atoms with Crippen molar-refractivity contribution in [1.82, 2.24) is 10.1 Å². The van der Waals surface area contributed by atoms with Crippen molar-refractivity contribution in [3.05, 3.63) is 69.4 Å². The molecule has 2 aromatic carbocycles. The van der Waals surface area contributed by atoms with Crippen LogP contribution < -0.4 is 5.32 Å². The van der Waals surface area contributed by atoms with Crippen LogP contribution in [-0.4, -0.2) is 34.3 Å². The van der Waals surface area contributed by atoms with Crippen molar-refractivity contribution in [2.75, 3.05) is 5.32 Å². The molecular weight excluding hydrogens is 523 g/mol. The van der Waals surface area contributed by atoms with Crippen LogP contribution in [0.5, 0.6) is 0 Å². The lowest BCUT2D eigenvalue weighted by Gasteiger charge is -2.38. The molecule has 3 heterocycles. The van der Waals surface area contributed by atoms with Gasteiger partial charge >= 0.3 is 6.03 Å². The van der Waals surface area contributed by atoms with Crippen LogP contribution >= 0.6 is 23.2 Å². The molecule has 3 atom stereocenters. The normalized spacial score (nSPS) is 22.9. The fourth-order valence-corrected chi connectivity index (χ4v) is 6.18. The third-order valence-electron chi connectivity index (χ3n) is 7.52. The second kappa shape index (κ2) is 9.89. The van der Waals surface area contributed by atoms with E-state index in [-0.39, 0.29) is 29.9 Å². The Morgan fingerprint density at radius 2 is 1.76 bits per heavy atom. The lowest BCUT2D eigenvalue weighted by atomic mass is 9.99. The predicted octanol–water partition coefficient (Wildman–Crippen LogP) is 7.55. The highest BCUT2D eigenvalue weighted by Gasteiger charge is 2.44. The average Bonchev–Trinajstić information content (AvgIpc) is 3.57. The van der Waals surface area contributed by atoms with Crippen LogP contribution in [0.3, 0.4) is 0 Å². The number of amides is 2. The van der Waals surface area contributed by atoms with Crippen LogP contribution in [-0.2, 0) is 11.3 Å². The number of anilines is 1. The molecule has 2 aliphatic heterocycles. The molecule has 194 valence electrons. The summed E-state index contributed by atoms with van der Waals surface area (Å²) in [4.78, 5) is 14.8. The summed E-state index contributed by atoms with van der Waals surface area (Å²) in [7, 11) is 0. The van der Waals surface area contributed by atoms with Crippen molar-refractivity contribution >= 4 is 34.9 Å². The average molecular weight is 548 g/mol. The first-order valence-corrected chi connectivity index (χ1v) is 13.2. The zero-order valence-corrected chi connectivity index (χ0v) is 21.4. The Kier molecular flexibility index (Phi) is 6.59. The van der Waals surface area contributed by atoms with Crippen LogP contribution in [0.2, 0.25) is 10.0 Å². The number of rotatable bonds is 6. The maximum Gasteiger partial charge on any atom is 0.322 e. The summed E-state index contributed by atoms with van der Waals surface area (Å²) in [5.74, 6) is -0.783. The summed E-state index contributed by atoms with van der Waals surface area (Å²) in [5.41, 5.74) is 2.36. The monoisotopic (exact) mass is 547 g/mol. The van der Waals surface area contributed by atoms with E-state index in [0.717, 1.165) is 49.1 Å². The number of nitrogens with zero attached hydrogens (tertiary/aromatic N) is 2. The fraction of sp³-hybridized carbons (Fsp3) is 0.407. The summed E-state index contributed by atoms with van der Waals surface area (Å²) >= 11 is 12.9. The van der Waals surface area contributed by atoms with Gasteiger partial charge in [0.2, 0.25) is 0 Å².